The Morgan fingerprint density at radius 2 is 1.79 bits per heavy atom. The molecule has 0 saturated heterocycles. The summed E-state index contributed by atoms with van der Waals surface area (Å²) >= 11 is 0. The molecule has 2 heterocycles. The van der Waals surface area contributed by atoms with Gasteiger partial charge in [-0.05, 0) is 49.3 Å². The van der Waals surface area contributed by atoms with Crippen molar-refractivity contribution in [3.05, 3.63) is 59.7 Å². The fourth-order valence-corrected chi connectivity index (χ4v) is 4.54. The summed E-state index contributed by atoms with van der Waals surface area (Å²) in [5.74, 6) is 2.02. The summed E-state index contributed by atoms with van der Waals surface area (Å²) in [6.07, 6.45) is 1.41. The van der Waals surface area contributed by atoms with E-state index < -0.39 is 0 Å². The molecule has 1 aliphatic heterocycles. The van der Waals surface area contributed by atoms with Gasteiger partial charge in [-0.3, -0.25) is 9.59 Å². The highest BCUT2D eigenvalue weighted by molar-refractivity contribution is 5.98. The van der Waals surface area contributed by atoms with Gasteiger partial charge in [0.1, 0.15) is 5.82 Å². The lowest BCUT2D eigenvalue weighted by Gasteiger charge is -2.23. The summed E-state index contributed by atoms with van der Waals surface area (Å²) in [5, 5.41) is 14.2. The first-order valence-electron chi connectivity index (χ1n) is 12.0. The normalized spacial score (nSPS) is 14.8. The Kier molecular flexibility index (Phi) is 7.26. The number of hydrogen-bond donors (Lipinski definition) is 1. The first-order valence-corrected chi connectivity index (χ1v) is 12.0. The number of carbonyl (C=O) groups excluding carboxylic acids is 2. The van der Waals surface area contributed by atoms with Crippen LogP contribution < -0.4 is 5.32 Å². The zero-order chi connectivity index (χ0) is 24.2. The monoisotopic (exact) mass is 462 g/mol. The maximum atomic E-state index is 13.3. The lowest BCUT2D eigenvalue weighted by Crippen LogP contribution is -2.38. The van der Waals surface area contributed by atoms with E-state index in [4.69, 9.17) is 0 Å². The molecule has 0 fully saturated rings. The van der Waals surface area contributed by atoms with E-state index in [1.165, 1.54) is 0 Å². The second-order valence-corrected chi connectivity index (χ2v) is 9.72. The zero-order valence-corrected chi connectivity index (χ0v) is 20.5. The van der Waals surface area contributed by atoms with Gasteiger partial charge < -0.3 is 19.7 Å². The molecule has 0 saturated carbocycles. The van der Waals surface area contributed by atoms with Gasteiger partial charge in [-0.15, -0.1) is 10.2 Å². The summed E-state index contributed by atoms with van der Waals surface area (Å²) in [5.41, 5.74) is 0.699. The van der Waals surface area contributed by atoms with Gasteiger partial charge in [0.25, 0.3) is 5.91 Å². The number of nitrogens with one attached hydrogen (secondary N) is 1. The minimum atomic E-state index is -0.212. The second-order valence-electron chi connectivity index (χ2n) is 9.72. The summed E-state index contributed by atoms with van der Waals surface area (Å²) in [6, 6.07) is 13.7. The van der Waals surface area contributed by atoms with E-state index in [0.29, 0.717) is 44.1 Å². The van der Waals surface area contributed by atoms with Gasteiger partial charge in [0.2, 0.25) is 5.91 Å². The van der Waals surface area contributed by atoms with E-state index in [0.717, 1.165) is 28.8 Å². The van der Waals surface area contributed by atoms with Gasteiger partial charge in [0, 0.05) is 31.6 Å². The highest BCUT2D eigenvalue weighted by Crippen LogP contribution is 2.23. The van der Waals surface area contributed by atoms with Gasteiger partial charge >= 0.3 is 0 Å². The Labute approximate surface area is 200 Å². The van der Waals surface area contributed by atoms with Crippen molar-refractivity contribution in [3.8, 4) is 0 Å². The first kappa shape index (κ1) is 23.9. The van der Waals surface area contributed by atoms with Gasteiger partial charge in [0.15, 0.2) is 5.82 Å². The number of nitrogens with zero attached hydrogens (tertiary/aromatic N) is 5. The molecule has 0 bridgehead atoms. The van der Waals surface area contributed by atoms with Crippen LogP contribution in [0.1, 0.15) is 48.3 Å². The fourth-order valence-electron chi connectivity index (χ4n) is 4.54. The molecular weight excluding hydrogens is 428 g/mol. The van der Waals surface area contributed by atoms with Crippen LogP contribution in [0.15, 0.2) is 42.5 Å². The molecule has 1 N–H and O–H groups in total. The first-order chi connectivity index (χ1) is 16.3. The van der Waals surface area contributed by atoms with Crippen LogP contribution in [0.4, 0.5) is 0 Å². The van der Waals surface area contributed by atoms with Crippen LogP contribution in [-0.2, 0) is 17.8 Å². The lowest BCUT2D eigenvalue weighted by molar-refractivity contribution is -0.122. The van der Waals surface area contributed by atoms with E-state index >= 15 is 0 Å². The summed E-state index contributed by atoms with van der Waals surface area (Å²) in [6.45, 7) is 6.36. The topological polar surface area (TPSA) is 83.4 Å². The molecule has 3 aromatic rings. The number of likely N-dealkylation sites (N-methyl/N-ethyl adjacent to an activating group) is 1. The number of rotatable bonds is 7. The fraction of sp³-hybridized carbons (Fsp3) is 0.462. The lowest BCUT2D eigenvalue weighted by atomic mass is 10.0. The molecule has 1 atom stereocenters. The number of aromatic nitrogens is 3. The highest BCUT2D eigenvalue weighted by Gasteiger charge is 2.27. The molecule has 2 aromatic carbocycles. The minimum Gasteiger partial charge on any atom is -0.345 e. The minimum absolute atomic E-state index is 0.0315. The van der Waals surface area contributed by atoms with E-state index in [-0.39, 0.29) is 17.9 Å². The van der Waals surface area contributed by atoms with E-state index in [1.54, 1.807) is 0 Å². The molecular formula is C26H34N6O2. The zero-order valence-electron chi connectivity index (χ0n) is 20.5. The van der Waals surface area contributed by atoms with Gasteiger partial charge in [0.05, 0.1) is 12.6 Å². The third-order valence-electron chi connectivity index (χ3n) is 6.15. The van der Waals surface area contributed by atoms with Gasteiger partial charge in [-0.25, -0.2) is 0 Å². The average molecular weight is 463 g/mol. The number of hydrogen-bond acceptors (Lipinski definition) is 5. The standard InChI is InChI=1S/C26H34N6O2/c1-18(2)15-22(27-24(33)17-30(3)4)25-29-28-23-11-12-31(13-14-32(23)25)26(34)21-10-9-19-7-5-6-8-20(19)16-21/h5-10,16,18,22H,11-15,17H2,1-4H3,(H,27,33)/t22-/m1/s1. The van der Waals surface area contributed by atoms with Crippen molar-refractivity contribution >= 4 is 22.6 Å². The summed E-state index contributed by atoms with van der Waals surface area (Å²) in [4.78, 5) is 29.5. The maximum Gasteiger partial charge on any atom is 0.253 e. The van der Waals surface area contributed by atoms with Crippen LogP contribution in [-0.4, -0.2) is 70.1 Å². The van der Waals surface area contributed by atoms with Crippen LogP contribution in [0.2, 0.25) is 0 Å². The SMILES string of the molecule is CC(C)C[C@@H](NC(=O)CN(C)C)c1nnc2n1CCN(C(=O)c1ccc3ccccc3c1)CC2. The van der Waals surface area contributed by atoms with Crippen molar-refractivity contribution in [2.24, 2.45) is 5.92 Å². The molecule has 0 aliphatic carbocycles. The van der Waals surface area contributed by atoms with Crippen molar-refractivity contribution in [2.75, 3.05) is 33.7 Å². The number of benzene rings is 2. The van der Waals surface area contributed by atoms with Crippen LogP contribution >= 0.6 is 0 Å². The Balaban J connectivity index is 1.51. The third kappa shape index (κ3) is 5.44. The largest absolute Gasteiger partial charge is 0.345 e. The average Bonchev–Trinajstić information content (AvgIpc) is 3.08. The number of fused-ring (bicyclic) bond motifs is 2. The molecule has 0 unspecified atom stereocenters. The molecule has 4 rings (SSSR count). The van der Waals surface area contributed by atoms with E-state index in [2.05, 4.69) is 33.9 Å². The molecule has 8 heteroatoms. The van der Waals surface area contributed by atoms with Crippen molar-refractivity contribution in [3.63, 3.8) is 0 Å². The maximum absolute atomic E-state index is 13.3. The van der Waals surface area contributed by atoms with Crippen LogP contribution in [0.3, 0.4) is 0 Å². The molecule has 34 heavy (non-hydrogen) atoms. The quantitative estimate of drug-likeness (QED) is 0.584. The molecule has 1 aliphatic rings. The van der Waals surface area contributed by atoms with E-state index in [9.17, 15) is 9.59 Å². The Hall–Kier alpha value is -3.26. The van der Waals surface area contributed by atoms with Crippen molar-refractivity contribution in [1.82, 2.24) is 29.9 Å². The van der Waals surface area contributed by atoms with Crippen molar-refractivity contribution in [2.45, 2.75) is 39.3 Å². The molecule has 180 valence electrons. The summed E-state index contributed by atoms with van der Waals surface area (Å²) < 4.78 is 2.09. The smallest absolute Gasteiger partial charge is 0.253 e. The van der Waals surface area contributed by atoms with Crippen molar-refractivity contribution < 1.29 is 9.59 Å². The Bertz CT molecular complexity index is 1170. The van der Waals surface area contributed by atoms with Gasteiger partial charge in [-0.1, -0.05) is 44.2 Å². The van der Waals surface area contributed by atoms with Crippen molar-refractivity contribution in [1.29, 1.82) is 0 Å². The third-order valence-corrected chi connectivity index (χ3v) is 6.15. The molecule has 2 amide bonds. The predicted octanol–water partition coefficient (Wildman–Crippen LogP) is 2.89. The molecule has 0 radical (unpaired) electrons. The van der Waals surface area contributed by atoms with Gasteiger partial charge in [-0.2, -0.15) is 0 Å². The number of carbonyl (C=O) groups is 2. The highest BCUT2D eigenvalue weighted by atomic mass is 16.2. The van der Waals surface area contributed by atoms with E-state index in [1.807, 2.05) is 66.4 Å². The Morgan fingerprint density at radius 3 is 2.53 bits per heavy atom. The van der Waals surface area contributed by atoms with Crippen LogP contribution in [0.5, 0.6) is 0 Å². The molecule has 0 spiro atoms. The van der Waals surface area contributed by atoms with Crippen LogP contribution in [0.25, 0.3) is 10.8 Å². The molecule has 1 aromatic heterocycles. The number of amides is 2. The predicted molar refractivity (Wildman–Crippen MR) is 132 cm³/mol. The summed E-state index contributed by atoms with van der Waals surface area (Å²) in [7, 11) is 3.75. The van der Waals surface area contributed by atoms with Crippen LogP contribution in [0, 0.1) is 5.92 Å². The molecule has 8 nitrogen and oxygen atoms in total. The second kappa shape index (κ2) is 10.3. The Morgan fingerprint density at radius 1 is 1.03 bits per heavy atom.